The van der Waals surface area contributed by atoms with Crippen LogP contribution in [-0.4, -0.2) is 18.2 Å². The topological polar surface area (TPSA) is 64.0 Å². The molecule has 25 heavy (non-hydrogen) atoms. The summed E-state index contributed by atoms with van der Waals surface area (Å²) in [7, 11) is -3.65. The third-order valence-corrected chi connectivity index (χ3v) is 5.48. The summed E-state index contributed by atoms with van der Waals surface area (Å²) in [5, 5.41) is 4.69. The molecule has 7 heteroatoms. The van der Waals surface area contributed by atoms with Crippen molar-refractivity contribution in [1.29, 1.82) is 0 Å². The Morgan fingerprint density at radius 2 is 1.96 bits per heavy atom. The third kappa shape index (κ3) is 4.21. The van der Waals surface area contributed by atoms with E-state index in [-0.39, 0.29) is 4.90 Å². The quantitative estimate of drug-likeness (QED) is 0.733. The predicted molar refractivity (Wildman–Crippen MR) is 99.5 cm³/mol. The summed E-state index contributed by atoms with van der Waals surface area (Å²) < 4.78 is 29.7. The van der Waals surface area contributed by atoms with Gasteiger partial charge in [-0.25, -0.2) is 8.42 Å². The second-order valence-electron chi connectivity index (χ2n) is 5.93. The van der Waals surface area contributed by atoms with Gasteiger partial charge in [0.25, 0.3) is 10.0 Å². The Balaban J connectivity index is 1.85. The lowest BCUT2D eigenvalue weighted by Crippen LogP contribution is -2.14. The van der Waals surface area contributed by atoms with Gasteiger partial charge in [0.1, 0.15) is 0 Å². The molecule has 2 aromatic carbocycles. The van der Waals surface area contributed by atoms with E-state index >= 15 is 0 Å². The van der Waals surface area contributed by atoms with Crippen LogP contribution in [-0.2, 0) is 16.6 Å². The summed E-state index contributed by atoms with van der Waals surface area (Å²) in [6, 6.07) is 12.6. The highest BCUT2D eigenvalue weighted by atomic mass is 35.5. The van der Waals surface area contributed by atoms with E-state index in [9.17, 15) is 8.42 Å². The van der Waals surface area contributed by atoms with Crippen molar-refractivity contribution in [1.82, 2.24) is 9.78 Å². The van der Waals surface area contributed by atoms with Crippen LogP contribution >= 0.6 is 11.6 Å². The fourth-order valence-corrected chi connectivity index (χ4v) is 4.09. The summed E-state index contributed by atoms with van der Waals surface area (Å²) in [5.41, 5.74) is 3.04. The zero-order valence-corrected chi connectivity index (χ0v) is 15.5. The largest absolute Gasteiger partial charge is 0.280 e. The molecule has 5 nitrogen and oxygen atoms in total. The van der Waals surface area contributed by atoms with Crippen molar-refractivity contribution in [3.8, 4) is 0 Å². The number of hydrogen-bond donors (Lipinski definition) is 1. The van der Waals surface area contributed by atoms with Gasteiger partial charge in [-0.15, -0.1) is 0 Å². The number of hydrogen-bond acceptors (Lipinski definition) is 3. The number of anilines is 1. The van der Waals surface area contributed by atoms with Crippen LogP contribution in [0.25, 0.3) is 0 Å². The summed E-state index contributed by atoms with van der Waals surface area (Å²) in [6.07, 6.45) is 3.28. The maximum atomic E-state index is 12.7. The van der Waals surface area contributed by atoms with E-state index in [4.69, 9.17) is 11.6 Å². The summed E-state index contributed by atoms with van der Waals surface area (Å²) >= 11 is 5.87. The molecule has 0 spiro atoms. The monoisotopic (exact) mass is 375 g/mol. The van der Waals surface area contributed by atoms with Gasteiger partial charge < -0.3 is 0 Å². The molecule has 1 heterocycles. The average Bonchev–Trinajstić information content (AvgIpc) is 2.94. The molecule has 3 aromatic rings. The number of rotatable bonds is 5. The van der Waals surface area contributed by atoms with Crippen LogP contribution < -0.4 is 4.72 Å². The highest BCUT2D eigenvalue weighted by molar-refractivity contribution is 7.92. The Bertz CT molecular complexity index is 1010. The van der Waals surface area contributed by atoms with Crippen LogP contribution in [0.5, 0.6) is 0 Å². The SMILES string of the molecule is Cc1ccc(C)c(S(=O)(=O)Nc2cccc(Cn3cc(Cl)cn3)c2)c1. The second-order valence-corrected chi connectivity index (χ2v) is 8.02. The number of aryl methyl sites for hydroxylation is 2. The molecule has 0 amide bonds. The molecule has 0 radical (unpaired) electrons. The van der Waals surface area contributed by atoms with Crippen molar-refractivity contribution in [2.75, 3.05) is 4.72 Å². The number of nitrogens with one attached hydrogen (secondary N) is 1. The molecule has 1 aromatic heterocycles. The molecular weight excluding hydrogens is 358 g/mol. The summed E-state index contributed by atoms with van der Waals surface area (Å²) in [4.78, 5) is 0.289. The molecule has 130 valence electrons. The van der Waals surface area contributed by atoms with Gasteiger partial charge in [-0.3, -0.25) is 9.40 Å². The molecule has 0 fully saturated rings. The Morgan fingerprint density at radius 1 is 1.16 bits per heavy atom. The van der Waals surface area contributed by atoms with Crippen molar-refractivity contribution < 1.29 is 8.42 Å². The third-order valence-electron chi connectivity index (χ3n) is 3.76. The van der Waals surface area contributed by atoms with E-state index in [2.05, 4.69) is 9.82 Å². The lowest BCUT2D eigenvalue weighted by Gasteiger charge is -2.12. The minimum absolute atomic E-state index is 0.289. The van der Waals surface area contributed by atoms with E-state index < -0.39 is 10.0 Å². The first-order valence-electron chi connectivity index (χ1n) is 7.70. The van der Waals surface area contributed by atoms with Gasteiger partial charge in [-0.2, -0.15) is 5.10 Å². The van der Waals surface area contributed by atoms with Crippen molar-refractivity contribution in [3.05, 3.63) is 76.6 Å². The molecule has 1 N–H and O–H groups in total. The van der Waals surface area contributed by atoms with Gasteiger partial charge in [-0.1, -0.05) is 35.9 Å². The van der Waals surface area contributed by atoms with Crippen LogP contribution in [0, 0.1) is 13.8 Å². The van der Waals surface area contributed by atoms with Crippen LogP contribution in [0.3, 0.4) is 0 Å². The van der Waals surface area contributed by atoms with Gasteiger partial charge in [0.2, 0.25) is 0 Å². The first-order valence-corrected chi connectivity index (χ1v) is 9.56. The van der Waals surface area contributed by atoms with Crippen LogP contribution in [0.1, 0.15) is 16.7 Å². The molecule has 0 saturated heterocycles. The molecule has 0 bridgehead atoms. The van der Waals surface area contributed by atoms with Gasteiger partial charge in [0, 0.05) is 11.9 Å². The minimum Gasteiger partial charge on any atom is -0.280 e. The minimum atomic E-state index is -3.65. The number of benzene rings is 2. The Labute approximate surface area is 152 Å². The van der Waals surface area contributed by atoms with Crippen molar-refractivity contribution in [2.24, 2.45) is 0 Å². The maximum absolute atomic E-state index is 12.7. The van der Waals surface area contributed by atoms with E-state index in [1.807, 2.05) is 25.1 Å². The normalized spacial score (nSPS) is 11.5. The van der Waals surface area contributed by atoms with Crippen LogP contribution in [0.15, 0.2) is 59.8 Å². The molecule has 0 saturated carbocycles. The lowest BCUT2D eigenvalue weighted by atomic mass is 10.2. The fraction of sp³-hybridized carbons (Fsp3) is 0.167. The number of aromatic nitrogens is 2. The highest BCUT2D eigenvalue weighted by Crippen LogP contribution is 2.21. The van der Waals surface area contributed by atoms with Gasteiger partial charge >= 0.3 is 0 Å². The molecule has 0 atom stereocenters. The molecule has 0 unspecified atom stereocenters. The smallest absolute Gasteiger partial charge is 0.262 e. The Morgan fingerprint density at radius 3 is 2.68 bits per heavy atom. The molecule has 0 aliphatic carbocycles. The summed E-state index contributed by atoms with van der Waals surface area (Å²) in [5.74, 6) is 0. The number of sulfonamides is 1. The summed E-state index contributed by atoms with van der Waals surface area (Å²) in [6.45, 7) is 4.16. The van der Waals surface area contributed by atoms with Crippen LogP contribution in [0.4, 0.5) is 5.69 Å². The van der Waals surface area contributed by atoms with Crippen LogP contribution in [0.2, 0.25) is 5.02 Å². The molecule has 3 rings (SSSR count). The molecule has 0 aliphatic rings. The zero-order valence-electron chi connectivity index (χ0n) is 13.9. The first kappa shape index (κ1) is 17.5. The predicted octanol–water partition coefficient (Wildman–Crippen LogP) is 4.00. The van der Waals surface area contributed by atoms with E-state index in [0.717, 1.165) is 11.1 Å². The molecular formula is C18H18ClN3O2S. The fourth-order valence-electron chi connectivity index (χ4n) is 2.55. The van der Waals surface area contributed by atoms with Gasteiger partial charge in [-0.05, 0) is 48.7 Å². The van der Waals surface area contributed by atoms with E-state index in [0.29, 0.717) is 22.8 Å². The van der Waals surface area contributed by atoms with E-state index in [1.165, 1.54) is 0 Å². The van der Waals surface area contributed by atoms with Crippen molar-refractivity contribution >= 4 is 27.3 Å². The lowest BCUT2D eigenvalue weighted by molar-refractivity contribution is 0.600. The molecule has 0 aliphatic heterocycles. The second kappa shape index (κ2) is 6.90. The number of nitrogens with zero attached hydrogens (tertiary/aromatic N) is 2. The van der Waals surface area contributed by atoms with Crippen molar-refractivity contribution in [2.45, 2.75) is 25.3 Å². The Kier molecular flexibility index (Phi) is 4.83. The highest BCUT2D eigenvalue weighted by Gasteiger charge is 2.17. The zero-order chi connectivity index (χ0) is 18.0. The van der Waals surface area contributed by atoms with E-state index in [1.54, 1.807) is 48.3 Å². The number of halogens is 1. The average molecular weight is 376 g/mol. The maximum Gasteiger partial charge on any atom is 0.262 e. The standard InChI is InChI=1S/C18H18ClN3O2S/c1-13-6-7-14(2)18(8-13)25(23,24)21-17-5-3-4-15(9-17)11-22-12-16(19)10-20-22/h3-10,12,21H,11H2,1-2H3. The van der Waals surface area contributed by atoms with Gasteiger partial charge in [0.05, 0.1) is 22.7 Å². The Hall–Kier alpha value is -2.31. The van der Waals surface area contributed by atoms with Crippen molar-refractivity contribution in [3.63, 3.8) is 0 Å². The first-order chi connectivity index (χ1) is 11.8. The van der Waals surface area contributed by atoms with Gasteiger partial charge in [0.15, 0.2) is 0 Å².